The second kappa shape index (κ2) is 6.89. The van der Waals surface area contributed by atoms with Crippen LogP contribution in [0.2, 0.25) is 0 Å². The van der Waals surface area contributed by atoms with Crippen molar-refractivity contribution in [1.29, 1.82) is 0 Å². The lowest BCUT2D eigenvalue weighted by atomic mass is 9.89. The molecule has 104 valence electrons. The Kier molecular flexibility index (Phi) is 5.46. The number of halogens is 2. The van der Waals surface area contributed by atoms with E-state index in [9.17, 15) is 4.79 Å². The molecule has 0 bridgehead atoms. The van der Waals surface area contributed by atoms with E-state index in [-0.39, 0.29) is 5.91 Å². The maximum atomic E-state index is 12.1. The van der Waals surface area contributed by atoms with E-state index in [0.29, 0.717) is 10.7 Å². The average molecular weight is 389 g/mol. The Balaban J connectivity index is 1.87. The highest BCUT2D eigenvalue weighted by Gasteiger charge is 2.19. The van der Waals surface area contributed by atoms with Crippen LogP contribution in [0.1, 0.15) is 41.6 Å². The number of alkyl halides is 1. The molecule has 1 saturated carbocycles. The zero-order valence-corrected chi connectivity index (χ0v) is 14.3. The molecular weight excluding hydrogens is 370 g/mol. The number of amides is 1. The van der Waals surface area contributed by atoms with Gasteiger partial charge in [0.25, 0.3) is 5.91 Å². The van der Waals surface area contributed by atoms with Crippen LogP contribution >= 0.6 is 31.9 Å². The molecule has 0 aromatic heterocycles. The van der Waals surface area contributed by atoms with Crippen LogP contribution in [-0.2, 0) is 0 Å². The van der Waals surface area contributed by atoms with E-state index in [0.717, 1.165) is 22.1 Å². The highest BCUT2D eigenvalue weighted by atomic mass is 79.9. The van der Waals surface area contributed by atoms with Crippen molar-refractivity contribution in [3.63, 3.8) is 0 Å². The minimum absolute atomic E-state index is 0.0327. The molecule has 0 radical (unpaired) electrons. The van der Waals surface area contributed by atoms with Crippen molar-refractivity contribution in [3.05, 3.63) is 33.8 Å². The molecule has 0 spiro atoms. The zero-order valence-electron chi connectivity index (χ0n) is 11.1. The third kappa shape index (κ3) is 4.60. The zero-order chi connectivity index (χ0) is 13.8. The average Bonchev–Trinajstić information content (AvgIpc) is 2.36. The molecule has 4 heteroatoms. The first-order chi connectivity index (χ1) is 9.04. The summed E-state index contributed by atoms with van der Waals surface area (Å²) in [6.45, 7) is 2.79. The van der Waals surface area contributed by atoms with E-state index >= 15 is 0 Å². The van der Waals surface area contributed by atoms with Crippen molar-refractivity contribution in [2.24, 2.45) is 5.92 Å². The lowest BCUT2D eigenvalue weighted by Crippen LogP contribution is -2.31. The van der Waals surface area contributed by atoms with E-state index in [1.54, 1.807) is 0 Å². The Hall–Kier alpha value is -0.350. The fourth-order valence-corrected chi connectivity index (χ4v) is 3.67. The normalized spacial score (nSPS) is 23.1. The van der Waals surface area contributed by atoms with Gasteiger partial charge in [-0.2, -0.15) is 0 Å². The lowest BCUT2D eigenvalue weighted by molar-refractivity contribution is 0.0943. The van der Waals surface area contributed by atoms with Gasteiger partial charge < -0.3 is 5.32 Å². The number of carbonyl (C=O) groups is 1. The summed E-state index contributed by atoms with van der Waals surface area (Å²) in [5.41, 5.74) is 1.83. The smallest absolute Gasteiger partial charge is 0.251 e. The van der Waals surface area contributed by atoms with Crippen molar-refractivity contribution >= 4 is 37.8 Å². The summed E-state index contributed by atoms with van der Waals surface area (Å²) in [4.78, 5) is 12.8. The van der Waals surface area contributed by atoms with Crippen molar-refractivity contribution in [2.45, 2.75) is 37.4 Å². The van der Waals surface area contributed by atoms with Crippen LogP contribution in [0.4, 0.5) is 0 Å². The second-order valence-corrected chi connectivity index (χ2v) is 7.56. The minimum atomic E-state index is 0.0327. The van der Waals surface area contributed by atoms with Gasteiger partial charge in [-0.1, -0.05) is 31.9 Å². The van der Waals surface area contributed by atoms with Gasteiger partial charge in [-0.15, -0.1) is 0 Å². The molecule has 1 amide bonds. The summed E-state index contributed by atoms with van der Waals surface area (Å²) < 4.78 is 0.956. The molecule has 1 aliphatic rings. The van der Waals surface area contributed by atoms with Crippen molar-refractivity contribution in [1.82, 2.24) is 5.32 Å². The molecule has 0 heterocycles. The van der Waals surface area contributed by atoms with Crippen LogP contribution in [0.5, 0.6) is 0 Å². The molecule has 1 aromatic carbocycles. The number of nitrogens with one attached hydrogen (secondary N) is 1. The van der Waals surface area contributed by atoms with Gasteiger partial charge in [0.15, 0.2) is 0 Å². The quantitative estimate of drug-likeness (QED) is 0.762. The van der Waals surface area contributed by atoms with Gasteiger partial charge in [0.2, 0.25) is 0 Å². The van der Waals surface area contributed by atoms with Crippen molar-refractivity contribution in [2.75, 3.05) is 6.54 Å². The molecule has 0 aliphatic heterocycles. The van der Waals surface area contributed by atoms with Gasteiger partial charge in [0.1, 0.15) is 0 Å². The Morgan fingerprint density at radius 2 is 1.95 bits per heavy atom. The largest absolute Gasteiger partial charge is 0.352 e. The van der Waals surface area contributed by atoms with Crippen LogP contribution in [0.15, 0.2) is 22.7 Å². The Bertz CT molecular complexity index is 433. The first-order valence-electron chi connectivity index (χ1n) is 6.74. The standard InChI is InChI=1S/C15H19Br2NO/c1-10-6-12(8-14(17)7-10)15(19)18-9-11-2-4-13(16)5-3-11/h6-8,11,13H,2-5,9H2,1H3,(H,18,19). The minimum Gasteiger partial charge on any atom is -0.352 e. The highest BCUT2D eigenvalue weighted by molar-refractivity contribution is 9.10. The topological polar surface area (TPSA) is 29.1 Å². The summed E-state index contributed by atoms with van der Waals surface area (Å²) >= 11 is 7.09. The van der Waals surface area contributed by atoms with Crippen LogP contribution in [-0.4, -0.2) is 17.3 Å². The van der Waals surface area contributed by atoms with E-state index < -0.39 is 0 Å². The third-order valence-electron chi connectivity index (χ3n) is 3.63. The molecule has 0 atom stereocenters. The monoisotopic (exact) mass is 387 g/mol. The van der Waals surface area contributed by atoms with Gasteiger partial charge in [-0.05, 0) is 62.3 Å². The molecular formula is C15H19Br2NO. The van der Waals surface area contributed by atoms with Crippen LogP contribution in [0.25, 0.3) is 0 Å². The van der Waals surface area contributed by atoms with Gasteiger partial charge in [0.05, 0.1) is 0 Å². The van der Waals surface area contributed by atoms with Crippen LogP contribution < -0.4 is 5.32 Å². The molecule has 0 unspecified atom stereocenters. The Labute approximate surface area is 131 Å². The molecule has 2 rings (SSSR count). The molecule has 1 aliphatic carbocycles. The summed E-state index contributed by atoms with van der Waals surface area (Å²) in [5, 5.41) is 3.06. The van der Waals surface area contributed by atoms with E-state index in [1.807, 2.05) is 25.1 Å². The SMILES string of the molecule is Cc1cc(Br)cc(C(=O)NCC2CCC(Br)CC2)c1. The summed E-state index contributed by atoms with van der Waals surface area (Å²) in [6.07, 6.45) is 4.84. The lowest BCUT2D eigenvalue weighted by Gasteiger charge is -2.25. The molecule has 2 nitrogen and oxygen atoms in total. The van der Waals surface area contributed by atoms with Crippen LogP contribution in [0, 0.1) is 12.8 Å². The van der Waals surface area contributed by atoms with Gasteiger partial charge >= 0.3 is 0 Å². The first-order valence-corrected chi connectivity index (χ1v) is 8.45. The van der Waals surface area contributed by atoms with E-state index in [1.165, 1.54) is 25.7 Å². The number of rotatable bonds is 3. The van der Waals surface area contributed by atoms with Gasteiger partial charge in [-0.25, -0.2) is 0 Å². The predicted octanol–water partition coefficient (Wildman–Crippen LogP) is 4.44. The molecule has 19 heavy (non-hydrogen) atoms. The maximum absolute atomic E-state index is 12.1. The number of carbonyl (C=O) groups excluding carboxylic acids is 1. The van der Waals surface area contributed by atoms with E-state index in [2.05, 4.69) is 37.2 Å². The first kappa shape index (κ1) is 15.0. The van der Waals surface area contributed by atoms with Crippen molar-refractivity contribution in [3.8, 4) is 0 Å². The summed E-state index contributed by atoms with van der Waals surface area (Å²) in [7, 11) is 0. The molecule has 0 saturated heterocycles. The van der Waals surface area contributed by atoms with Gasteiger partial charge in [-0.3, -0.25) is 4.79 Å². The van der Waals surface area contributed by atoms with Crippen LogP contribution in [0.3, 0.4) is 0 Å². The van der Waals surface area contributed by atoms with Crippen molar-refractivity contribution < 1.29 is 4.79 Å². The van der Waals surface area contributed by atoms with E-state index in [4.69, 9.17) is 0 Å². The summed E-state index contributed by atoms with van der Waals surface area (Å²) in [5.74, 6) is 0.663. The highest BCUT2D eigenvalue weighted by Crippen LogP contribution is 2.28. The fourth-order valence-electron chi connectivity index (χ4n) is 2.53. The number of hydrogen-bond acceptors (Lipinski definition) is 1. The maximum Gasteiger partial charge on any atom is 0.251 e. The fraction of sp³-hybridized carbons (Fsp3) is 0.533. The number of benzene rings is 1. The molecule has 1 N–H and O–H groups in total. The van der Waals surface area contributed by atoms with Gasteiger partial charge in [0, 0.05) is 21.4 Å². The summed E-state index contributed by atoms with van der Waals surface area (Å²) in [6, 6.07) is 5.81. The Morgan fingerprint density at radius 1 is 1.26 bits per heavy atom. The number of aryl methyl sites for hydroxylation is 1. The predicted molar refractivity (Wildman–Crippen MR) is 85.9 cm³/mol. The molecule has 1 aromatic rings. The molecule has 1 fully saturated rings. The second-order valence-electron chi connectivity index (χ2n) is 5.35. The Morgan fingerprint density at radius 3 is 2.58 bits per heavy atom. The third-order valence-corrected chi connectivity index (χ3v) is 5.01. The number of hydrogen-bond donors (Lipinski definition) is 1.